The maximum Gasteiger partial charge on any atom is 0.237 e. The number of nitrogens with one attached hydrogen (secondary N) is 2. The smallest absolute Gasteiger partial charge is 0.237 e. The Bertz CT molecular complexity index is 465. The first-order valence-corrected chi connectivity index (χ1v) is 7.43. The molecule has 0 spiro atoms. The first-order chi connectivity index (χ1) is 10.2. The van der Waals surface area contributed by atoms with E-state index in [1.54, 1.807) is 7.11 Å². The highest BCUT2D eigenvalue weighted by Crippen LogP contribution is 2.12. The first-order valence-electron chi connectivity index (χ1n) is 7.43. The standard InChI is InChI=1S/C16H24N2O3/c1-3-21-11-13-7-5-4-6-12(13)9-18-16(19)15-8-14(20-2)10-17-15/h4-7,14-15,17H,3,8-11H2,1-2H3,(H,18,19)/t14-,15-/m0/s1. The van der Waals surface area contributed by atoms with Gasteiger partial charge in [-0.2, -0.15) is 0 Å². The van der Waals surface area contributed by atoms with E-state index in [2.05, 4.69) is 10.6 Å². The van der Waals surface area contributed by atoms with Gasteiger partial charge in [-0.1, -0.05) is 24.3 Å². The Morgan fingerprint density at radius 3 is 2.81 bits per heavy atom. The zero-order chi connectivity index (χ0) is 15.1. The molecule has 1 heterocycles. The Morgan fingerprint density at radius 1 is 1.38 bits per heavy atom. The van der Waals surface area contributed by atoms with E-state index in [4.69, 9.17) is 9.47 Å². The second-order valence-electron chi connectivity index (χ2n) is 5.18. The average Bonchev–Trinajstić information content (AvgIpc) is 3.00. The predicted octanol–water partition coefficient (Wildman–Crippen LogP) is 1.22. The fourth-order valence-corrected chi connectivity index (χ4v) is 2.47. The van der Waals surface area contributed by atoms with Crippen LogP contribution in [0.2, 0.25) is 0 Å². The summed E-state index contributed by atoms with van der Waals surface area (Å²) in [5.74, 6) is 0.0285. The lowest BCUT2D eigenvalue weighted by atomic mass is 10.1. The highest BCUT2D eigenvalue weighted by Gasteiger charge is 2.28. The zero-order valence-electron chi connectivity index (χ0n) is 12.7. The molecule has 0 bridgehead atoms. The van der Waals surface area contributed by atoms with E-state index in [-0.39, 0.29) is 18.1 Å². The quantitative estimate of drug-likeness (QED) is 0.793. The van der Waals surface area contributed by atoms with E-state index in [9.17, 15) is 4.79 Å². The molecule has 1 aromatic rings. The van der Waals surface area contributed by atoms with Crippen molar-refractivity contribution < 1.29 is 14.3 Å². The van der Waals surface area contributed by atoms with Crippen LogP contribution in [0.15, 0.2) is 24.3 Å². The molecule has 0 unspecified atom stereocenters. The van der Waals surface area contributed by atoms with E-state index in [1.807, 2.05) is 31.2 Å². The number of methoxy groups -OCH3 is 1. The summed E-state index contributed by atoms with van der Waals surface area (Å²) in [6.45, 7) is 4.50. The van der Waals surface area contributed by atoms with Crippen molar-refractivity contribution in [3.63, 3.8) is 0 Å². The fraction of sp³-hybridized carbons (Fsp3) is 0.562. The molecule has 1 amide bonds. The number of ether oxygens (including phenoxy) is 2. The van der Waals surface area contributed by atoms with Crippen molar-refractivity contribution in [2.45, 2.75) is 38.6 Å². The number of carbonyl (C=O) groups is 1. The van der Waals surface area contributed by atoms with Crippen LogP contribution in [-0.2, 0) is 27.4 Å². The molecule has 1 aliphatic heterocycles. The van der Waals surface area contributed by atoms with Crippen LogP contribution >= 0.6 is 0 Å². The summed E-state index contributed by atoms with van der Waals surface area (Å²) in [6.07, 6.45) is 0.856. The van der Waals surface area contributed by atoms with E-state index in [1.165, 1.54) is 0 Å². The largest absolute Gasteiger partial charge is 0.380 e. The topological polar surface area (TPSA) is 59.6 Å². The third kappa shape index (κ3) is 4.52. The summed E-state index contributed by atoms with van der Waals surface area (Å²) in [5, 5.41) is 6.17. The molecule has 5 nitrogen and oxygen atoms in total. The summed E-state index contributed by atoms with van der Waals surface area (Å²) >= 11 is 0. The Balaban J connectivity index is 1.86. The maximum absolute atomic E-state index is 12.1. The van der Waals surface area contributed by atoms with Gasteiger partial charge in [-0.3, -0.25) is 4.79 Å². The molecule has 1 fully saturated rings. The van der Waals surface area contributed by atoms with Crippen molar-refractivity contribution in [1.82, 2.24) is 10.6 Å². The van der Waals surface area contributed by atoms with Crippen LogP contribution in [0.4, 0.5) is 0 Å². The van der Waals surface area contributed by atoms with Crippen LogP contribution < -0.4 is 10.6 Å². The van der Waals surface area contributed by atoms with Crippen LogP contribution in [0.5, 0.6) is 0 Å². The molecule has 0 aliphatic carbocycles. The van der Waals surface area contributed by atoms with Crippen LogP contribution in [-0.4, -0.2) is 38.3 Å². The second kappa shape index (κ2) is 8.12. The van der Waals surface area contributed by atoms with Crippen molar-refractivity contribution in [2.24, 2.45) is 0 Å². The number of benzene rings is 1. The first kappa shape index (κ1) is 15.9. The molecule has 2 N–H and O–H groups in total. The van der Waals surface area contributed by atoms with E-state index in [0.29, 0.717) is 19.8 Å². The molecule has 1 aliphatic rings. The lowest BCUT2D eigenvalue weighted by Crippen LogP contribution is -2.40. The van der Waals surface area contributed by atoms with Crippen LogP contribution in [0.3, 0.4) is 0 Å². The van der Waals surface area contributed by atoms with Gasteiger partial charge in [0.15, 0.2) is 0 Å². The summed E-state index contributed by atoms with van der Waals surface area (Å²) in [4.78, 5) is 12.1. The van der Waals surface area contributed by atoms with E-state index >= 15 is 0 Å². The molecule has 1 aromatic carbocycles. The second-order valence-corrected chi connectivity index (χ2v) is 5.18. The van der Waals surface area contributed by atoms with Gasteiger partial charge in [0, 0.05) is 26.8 Å². The molecule has 0 radical (unpaired) electrons. The number of hydrogen-bond donors (Lipinski definition) is 2. The third-order valence-electron chi connectivity index (χ3n) is 3.77. The van der Waals surface area contributed by atoms with Crippen molar-refractivity contribution in [3.05, 3.63) is 35.4 Å². The van der Waals surface area contributed by atoms with Crippen LogP contribution in [0.25, 0.3) is 0 Å². The molecular weight excluding hydrogens is 268 g/mol. The molecule has 2 rings (SSSR count). The molecule has 0 saturated carbocycles. The fourth-order valence-electron chi connectivity index (χ4n) is 2.47. The molecule has 21 heavy (non-hydrogen) atoms. The maximum atomic E-state index is 12.1. The Kier molecular flexibility index (Phi) is 6.17. The molecule has 0 aromatic heterocycles. The summed E-state index contributed by atoms with van der Waals surface area (Å²) in [5.41, 5.74) is 2.22. The molecule has 1 saturated heterocycles. The summed E-state index contributed by atoms with van der Waals surface area (Å²) in [7, 11) is 1.68. The molecule has 2 atom stereocenters. The highest BCUT2D eigenvalue weighted by atomic mass is 16.5. The highest BCUT2D eigenvalue weighted by molar-refractivity contribution is 5.82. The number of carbonyl (C=O) groups excluding carboxylic acids is 1. The van der Waals surface area contributed by atoms with Gasteiger partial charge >= 0.3 is 0 Å². The van der Waals surface area contributed by atoms with Gasteiger partial charge in [0.2, 0.25) is 5.91 Å². The van der Waals surface area contributed by atoms with Gasteiger partial charge in [-0.05, 0) is 24.5 Å². The number of hydrogen-bond acceptors (Lipinski definition) is 4. The van der Waals surface area contributed by atoms with E-state index < -0.39 is 0 Å². The zero-order valence-corrected chi connectivity index (χ0v) is 12.7. The van der Waals surface area contributed by atoms with Gasteiger partial charge in [-0.25, -0.2) is 0 Å². The number of rotatable bonds is 7. The van der Waals surface area contributed by atoms with Gasteiger partial charge < -0.3 is 20.1 Å². The Hall–Kier alpha value is -1.43. The minimum absolute atomic E-state index is 0.0285. The Labute approximate surface area is 126 Å². The lowest BCUT2D eigenvalue weighted by molar-refractivity contribution is -0.123. The summed E-state index contributed by atoms with van der Waals surface area (Å²) in [6, 6.07) is 7.86. The van der Waals surface area contributed by atoms with Crippen LogP contribution in [0, 0.1) is 0 Å². The normalized spacial score (nSPS) is 21.4. The minimum atomic E-state index is -0.158. The van der Waals surface area contributed by atoms with Crippen molar-refractivity contribution in [1.29, 1.82) is 0 Å². The van der Waals surface area contributed by atoms with Crippen molar-refractivity contribution in [3.8, 4) is 0 Å². The van der Waals surface area contributed by atoms with Gasteiger partial charge in [-0.15, -0.1) is 0 Å². The predicted molar refractivity (Wildman–Crippen MR) is 80.8 cm³/mol. The van der Waals surface area contributed by atoms with Gasteiger partial charge in [0.1, 0.15) is 0 Å². The number of amides is 1. The van der Waals surface area contributed by atoms with E-state index in [0.717, 1.165) is 24.1 Å². The average molecular weight is 292 g/mol. The van der Waals surface area contributed by atoms with Gasteiger partial charge in [0.25, 0.3) is 0 Å². The lowest BCUT2D eigenvalue weighted by Gasteiger charge is -2.13. The monoisotopic (exact) mass is 292 g/mol. The van der Waals surface area contributed by atoms with Gasteiger partial charge in [0.05, 0.1) is 18.8 Å². The van der Waals surface area contributed by atoms with Crippen molar-refractivity contribution >= 4 is 5.91 Å². The molecule has 5 heteroatoms. The summed E-state index contributed by atoms with van der Waals surface area (Å²) < 4.78 is 10.7. The minimum Gasteiger partial charge on any atom is -0.380 e. The van der Waals surface area contributed by atoms with Crippen molar-refractivity contribution in [2.75, 3.05) is 20.3 Å². The molecule has 116 valence electrons. The Morgan fingerprint density at radius 2 is 2.14 bits per heavy atom. The van der Waals surface area contributed by atoms with Crippen LogP contribution in [0.1, 0.15) is 24.5 Å². The SMILES string of the molecule is CCOCc1ccccc1CNC(=O)[C@@H]1C[C@H](OC)CN1. The molecular formula is C16H24N2O3. The third-order valence-corrected chi connectivity index (χ3v) is 3.77.